The molecule has 1 fully saturated rings. The molecule has 3 nitrogen and oxygen atoms in total. The topological polar surface area (TPSA) is 55.5 Å². The van der Waals surface area contributed by atoms with Gasteiger partial charge in [-0.2, -0.15) is 0 Å². The van der Waals surface area contributed by atoms with Gasteiger partial charge in [0.1, 0.15) is 17.1 Å². The Labute approximate surface area is 115 Å². The van der Waals surface area contributed by atoms with Crippen LogP contribution < -0.4 is 10.5 Å². The van der Waals surface area contributed by atoms with E-state index in [1.54, 1.807) is 12.1 Å². The van der Waals surface area contributed by atoms with Crippen molar-refractivity contribution in [1.82, 2.24) is 0 Å². The number of aromatic hydroxyl groups is 1. The Morgan fingerprint density at radius 1 is 1.26 bits per heavy atom. The lowest BCUT2D eigenvalue weighted by Gasteiger charge is -2.24. The highest BCUT2D eigenvalue weighted by molar-refractivity contribution is 5.41. The van der Waals surface area contributed by atoms with Crippen LogP contribution in [0.4, 0.5) is 0 Å². The first-order chi connectivity index (χ1) is 8.87. The van der Waals surface area contributed by atoms with Crippen molar-refractivity contribution in [3.05, 3.63) is 23.8 Å². The molecule has 0 aliphatic heterocycles. The SMILES string of the molecule is CC(C)(C)Oc1ccc(O)c([C@@H](N)C2CCCC2)c1. The van der Waals surface area contributed by atoms with Crippen LogP contribution in [0.25, 0.3) is 0 Å². The molecule has 1 aliphatic carbocycles. The van der Waals surface area contributed by atoms with Crippen molar-refractivity contribution in [3.8, 4) is 11.5 Å². The van der Waals surface area contributed by atoms with Crippen LogP contribution in [0, 0.1) is 5.92 Å². The second kappa shape index (κ2) is 5.41. The molecule has 1 saturated carbocycles. The molecule has 2 rings (SSSR count). The molecule has 0 spiro atoms. The summed E-state index contributed by atoms with van der Waals surface area (Å²) in [5.41, 5.74) is 6.89. The normalized spacial score (nSPS) is 18.5. The van der Waals surface area contributed by atoms with Crippen LogP contribution in [0.15, 0.2) is 18.2 Å². The smallest absolute Gasteiger partial charge is 0.120 e. The lowest BCUT2D eigenvalue weighted by Crippen LogP contribution is -2.23. The maximum Gasteiger partial charge on any atom is 0.120 e. The third-order valence-corrected chi connectivity index (χ3v) is 3.69. The van der Waals surface area contributed by atoms with Gasteiger partial charge in [-0.3, -0.25) is 0 Å². The summed E-state index contributed by atoms with van der Waals surface area (Å²) in [5, 5.41) is 10.0. The largest absolute Gasteiger partial charge is 0.508 e. The molecule has 3 N–H and O–H groups in total. The molecular formula is C16H25NO2. The second-order valence-electron chi connectivity index (χ2n) is 6.51. The summed E-state index contributed by atoms with van der Waals surface area (Å²) in [6, 6.07) is 5.28. The molecule has 106 valence electrons. The Morgan fingerprint density at radius 2 is 1.89 bits per heavy atom. The number of nitrogens with two attached hydrogens (primary N) is 1. The van der Waals surface area contributed by atoms with Gasteiger partial charge in [-0.25, -0.2) is 0 Å². The van der Waals surface area contributed by atoms with E-state index in [0.29, 0.717) is 5.92 Å². The zero-order valence-electron chi connectivity index (χ0n) is 12.1. The van der Waals surface area contributed by atoms with Crippen molar-refractivity contribution in [2.75, 3.05) is 0 Å². The van der Waals surface area contributed by atoms with Gasteiger partial charge in [-0.05, 0) is 57.7 Å². The quantitative estimate of drug-likeness (QED) is 0.873. The van der Waals surface area contributed by atoms with E-state index in [-0.39, 0.29) is 17.4 Å². The Hall–Kier alpha value is -1.22. The Balaban J connectivity index is 2.21. The summed E-state index contributed by atoms with van der Waals surface area (Å²) in [7, 11) is 0. The number of phenols is 1. The van der Waals surface area contributed by atoms with Crippen LogP contribution in [0.2, 0.25) is 0 Å². The molecule has 0 heterocycles. The highest BCUT2D eigenvalue weighted by atomic mass is 16.5. The number of hydrogen-bond donors (Lipinski definition) is 2. The first kappa shape index (κ1) is 14.2. The van der Waals surface area contributed by atoms with E-state index < -0.39 is 0 Å². The Kier molecular flexibility index (Phi) is 4.04. The Bertz CT molecular complexity index is 431. The number of hydrogen-bond acceptors (Lipinski definition) is 3. The van der Waals surface area contributed by atoms with Gasteiger partial charge >= 0.3 is 0 Å². The first-order valence-corrected chi connectivity index (χ1v) is 7.14. The molecule has 1 aromatic carbocycles. The van der Waals surface area contributed by atoms with Crippen molar-refractivity contribution in [3.63, 3.8) is 0 Å². The summed E-state index contributed by atoms with van der Waals surface area (Å²) < 4.78 is 5.84. The van der Waals surface area contributed by atoms with E-state index in [0.717, 1.165) is 24.2 Å². The Morgan fingerprint density at radius 3 is 2.47 bits per heavy atom. The third kappa shape index (κ3) is 3.63. The first-order valence-electron chi connectivity index (χ1n) is 7.14. The van der Waals surface area contributed by atoms with E-state index in [1.165, 1.54) is 12.8 Å². The van der Waals surface area contributed by atoms with Gasteiger partial charge in [0.2, 0.25) is 0 Å². The lowest BCUT2D eigenvalue weighted by atomic mass is 9.92. The minimum Gasteiger partial charge on any atom is -0.508 e. The molecule has 0 radical (unpaired) electrons. The molecule has 0 unspecified atom stereocenters. The standard InChI is InChI=1S/C16H25NO2/c1-16(2,3)19-12-8-9-14(18)13(10-12)15(17)11-6-4-5-7-11/h8-11,15,18H,4-7,17H2,1-3H3/t15-/m0/s1. The second-order valence-corrected chi connectivity index (χ2v) is 6.51. The van der Waals surface area contributed by atoms with Gasteiger partial charge in [0, 0.05) is 11.6 Å². The average molecular weight is 263 g/mol. The third-order valence-electron chi connectivity index (χ3n) is 3.69. The highest BCUT2D eigenvalue weighted by Gasteiger charge is 2.25. The lowest BCUT2D eigenvalue weighted by molar-refractivity contribution is 0.130. The number of rotatable bonds is 3. The minimum absolute atomic E-state index is 0.0916. The molecule has 0 saturated heterocycles. The van der Waals surface area contributed by atoms with Gasteiger partial charge in [0.15, 0.2) is 0 Å². The molecule has 0 amide bonds. The van der Waals surface area contributed by atoms with Crippen LogP contribution in [0.5, 0.6) is 11.5 Å². The van der Waals surface area contributed by atoms with Crippen molar-refractivity contribution in [2.24, 2.45) is 11.7 Å². The van der Waals surface area contributed by atoms with Gasteiger partial charge in [0.05, 0.1) is 0 Å². The molecule has 1 aromatic rings. The number of benzene rings is 1. The molecule has 1 atom stereocenters. The van der Waals surface area contributed by atoms with E-state index in [4.69, 9.17) is 10.5 Å². The van der Waals surface area contributed by atoms with Gasteiger partial charge in [-0.1, -0.05) is 12.8 Å². The van der Waals surface area contributed by atoms with Crippen LogP contribution in [0.1, 0.15) is 58.1 Å². The fourth-order valence-corrected chi connectivity index (χ4v) is 2.79. The fraction of sp³-hybridized carbons (Fsp3) is 0.625. The molecule has 0 bridgehead atoms. The predicted molar refractivity (Wildman–Crippen MR) is 77.4 cm³/mol. The van der Waals surface area contributed by atoms with Crippen molar-refractivity contribution in [2.45, 2.75) is 58.1 Å². The molecule has 1 aliphatic rings. The monoisotopic (exact) mass is 263 g/mol. The van der Waals surface area contributed by atoms with Crippen molar-refractivity contribution < 1.29 is 9.84 Å². The van der Waals surface area contributed by atoms with Crippen molar-refractivity contribution >= 4 is 0 Å². The number of phenolic OH excluding ortho intramolecular Hbond substituents is 1. The zero-order chi connectivity index (χ0) is 14.0. The van der Waals surface area contributed by atoms with Crippen LogP contribution in [0.3, 0.4) is 0 Å². The van der Waals surface area contributed by atoms with E-state index in [1.807, 2.05) is 26.8 Å². The van der Waals surface area contributed by atoms with Gasteiger partial charge in [0.25, 0.3) is 0 Å². The highest BCUT2D eigenvalue weighted by Crippen LogP contribution is 2.38. The minimum atomic E-state index is -0.244. The molecule has 3 heteroatoms. The summed E-state index contributed by atoms with van der Waals surface area (Å²) in [5.74, 6) is 1.53. The van der Waals surface area contributed by atoms with E-state index >= 15 is 0 Å². The molecule has 0 aromatic heterocycles. The van der Waals surface area contributed by atoms with Crippen LogP contribution in [-0.2, 0) is 0 Å². The van der Waals surface area contributed by atoms with Gasteiger partial charge < -0.3 is 15.6 Å². The van der Waals surface area contributed by atoms with E-state index in [2.05, 4.69) is 0 Å². The summed E-state index contributed by atoms with van der Waals surface area (Å²) >= 11 is 0. The summed E-state index contributed by atoms with van der Waals surface area (Å²) in [6.45, 7) is 6.03. The van der Waals surface area contributed by atoms with E-state index in [9.17, 15) is 5.11 Å². The van der Waals surface area contributed by atoms with Crippen LogP contribution in [-0.4, -0.2) is 10.7 Å². The fourth-order valence-electron chi connectivity index (χ4n) is 2.79. The average Bonchev–Trinajstić information content (AvgIpc) is 2.82. The predicted octanol–water partition coefficient (Wildman–Crippen LogP) is 3.76. The number of ether oxygens (including phenoxy) is 1. The summed E-state index contributed by atoms with van der Waals surface area (Å²) in [4.78, 5) is 0. The maximum absolute atomic E-state index is 10.0. The molecular weight excluding hydrogens is 238 g/mol. The molecule has 19 heavy (non-hydrogen) atoms. The van der Waals surface area contributed by atoms with Crippen molar-refractivity contribution in [1.29, 1.82) is 0 Å². The van der Waals surface area contributed by atoms with Crippen LogP contribution >= 0.6 is 0 Å². The van der Waals surface area contributed by atoms with Gasteiger partial charge in [-0.15, -0.1) is 0 Å². The summed E-state index contributed by atoms with van der Waals surface area (Å²) in [6.07, 6.45) is 4.81. The zero-order valence-corrected chi connectivity index (χ0v) is 12.1. The maximum atomic E-state index is 10.0.